The number of rotatable bonds is 3. The second kappa shape index (κ2) is 5.98. The molecule has 0 amide bonds. The van der Waals surface area contributed by atoms with Crippen molar-refractivity contribution < 1.29 is 13.5 Å². The van der Waals surface area contributed by atoms with Crippen molar-refractivity contribution in [1.82, 2.24) is 9.97 Å². The van der Waals surface area contributed by atoms with Gasteiger partial charge in [-0.25, -0.2) is 9.97 Å². The number of aromatic nitrogens is 2. The van der Waals surface area contributed by atoms with E-state index < -0.39 is 6.61 Å². The van der Waals surface area contributed by atoms with Gasteiger partial charge < -0.3 is 4.74 Å². The van der Waals surface area contributed by atoms with E-state index in [1.807, 2.05) is 0 Å². The van der Waals surface area contributed by atoms with E-state index in [-0.39, 0.29) is 27.4 Å². The second-order valence-corrected chi connectivity index (χ2v) is 4.83. The van der Waals surface area contributed by atoms with Crippen LogP contribution < -0.4 is 4.74 Å². The molecule has 1 aromatic carbocycles. The first kappa shape index (κ1) is 14.4. The highest BCUT2D eigenvalue weighted by atomic mass is 79.9. The predicted octanol–water partition coefficient (Wildman–Crippen LogP) is 4.81. The van der Waals surface area contributed by atoms with Crippen LogP contribution in [0.1, 0.15) is 0 Å². The van der Waals surface area contributed by atoms with Gasteiger partial charge in [-0.2, -0.15) is 8.78 Å². The number of ether oxygens (including phenoxy) is 1. The van der Waals surface area contributed by atoms with Gasteiger partial charge in [-0.3, -0.25) is 0 Å². The van der Waals surface area contributed by atoms with Gasteiger partial charge >= 0.3 is 6.61 Å². The fraction of sp³-hybridized carbons (Fsp3) is 0.0909. The SMILES string of the molecule is FC(F)Oc1ccccc1-c1nc(Cl)c(Br)c(Cl)n1. The quantitative estimate of drug-likeness (QED) is 0.728. The molecular weight excluding hydrogens is 365 g/mol. The van der Waals surface area contributed by atoms with E-state index in [1.165, 1.54) is 12.1 Å². The number of benzene rings is 1. The molecule has 19 heavy (non-hydrogen) atoms. The molecule has 0 N–H and O–H groups in total. The largest absolute Gasteiger partial charge is 0.434 e. The number of para-hydroxylation sites is 1. The third-order valence-corrected chi connectivity index (χ3v) is 3.87. The summed E-state index contributed by atoms with van der Waals surface area (Å²) in [5.74, 6) is 0.0569. The van der Waals surface area contributed by atoms with Gasteiger partial charge in [0.05, 0.1) is 10.0 Å². The van der Waals surface area contributed by atoms with Crippen LogP contribution in [0.4, 0.5) is 8.78 Å². The second-order valence-electron chi connectivity index (χ2n) is 3.32. The lowest BCUT2D eigenvalue weighted by Gasteiger charge is -2.10. The fourth-order valence-corrected chi connectivity index (χ4v) is 1.93. The van der Waals surface area contributed by atoms with Crippen LogP contribution in [-0.2, 0) is 0 Å². The Hall–Kier alpha value is -0.980. The Labute approximate surface area is 125 Å². The fourth-order valence-electron chi connectivity index (χ4n) is 1.36. The van der Waals surface area contributed by atoms with Crippen molar-refractivity contribution in [2.75, 3.05) is 0 Å². The summed E-state index contributed by atoms with van der Waals surface area (Å²) in [6, 6.07) is 6.12. The van der Waals surface area contributed by atoms with Gasteiger partial charge in [-0.15, -0.1) is 0 Å². The molecule has 0 saturated carbocycles. The molecule has 1 heterocycles. The number of alkyl halides is 2. The molecule has 1 aromatic heterocycles. The number of hydrogen-bond donors (Lipinski definition) is 0. The molecule has 0 radical (unpaired) electrons. The molecule has 100 valence electrons. The highest BCUT2D eigenvalue weighted by Gasteiger charge is 2.16. The minimum absolute atomic E-state index is 0.0491. The molecule has 0 fully saturated rings. The maximum Gasteiger partial charge on any atom is 0.387 e. The van der Waals surface area contributed by atoms with Crippen LogP contribution in [0, 0.1) is 0 Å². The van der Waals surface area contributed by atoms with E-state index in [4.69, 9.17) is 23.2 Å². The topological polar surface area (TPSA) is 35.0 Å². The smallest absolute Gasteiger partial charge is 0.387 e. The molecule has 0 bridgehead atoms. The molecule has 0 aliphatic carbocycles. The molecule has 0 aliphatic rings. The Kier molecular flexibility index (Phi) is 4.54. The molecule has 0 spiro atoms. The highest BCUT2D eigenvalue weighted by Crippen LogP contribution is 2.33. The lowest BCUT2D eigenvalue weighted by Crippen LogP contribution is -2.04. The van der Waals surface area contributed by atoms with Crippen molar-refractivity contribution in [2.45, 2.75) is 6.61 Å². The standard InChI is InChI=1S/C11H5BrCl2F2N2O/c12-7-8(13)17-10(18-9(7)14)5-3-1-2-4-6(5)19-11(15)16/h1-4,11H. The van der Waals surface area contributed by atoms with Crippen LogP contribution in [0.15, 0.2) is 28.7 Å². The van der Waals surface area contributed by atoms with E-state index in [0.29, 0.717) is 4.47 Å². The van der Waals surface area contributed by atoms with Crippen molar-refractivity contribution in [2.24, 2.45) is 0 Å². The third kappa shape index (κ3) is 3.32. The van der Waals surface area contributed by atoms with Gasteiger partial charge in [0.2, 0.25) is 0 Å². The number of nitrogens with zero attached hydrogens (tertiary/aromatic N) is 2. The van der Waals surface area contributed by atoms with Gasteiger partial charge in [-0.05, 0) is 28.1 Å². The maximum atomic E-state index is 12.3. The zero-order chi connectivity index (χ0) is 14.0. The Morgan fingerprint density at radius 2 is 1.68 bits per heavy atom. The van der Waals surface area contributed by atoms with E-state index >= 15 is 0 Å². The summed E-state index contributed by atoms with van der Waals surface area (Å²) in [4.78, 5) is 7.94. The molecular formula is C11H5BrCl2F2N2O. The number of halogens is 5. The lowest BCUT2D eigenvalue weighted by atomic mass is 10.2. The normalized spacial score (nSPS) is 10.8. The molecule has 0 aliphatic heterocycles. The zero-order valence-electron chi connectivity index (χ0n) is 9.08. The molecule has 3 nitrogen and oxygen atoms in total. The van der Waals surface area contributed by atoms with Gasteiger partial charge in [-0.1, -0.05) is 35.3 Å². The lowest BCUT2D eigenvalue weighted by molar-refractivity contribution is -0.0494. The van der Waals surface area contributed by atoms with Gasteiger partial charge in [0.1, 0.15) is 16.1 Å². The Balaban J connectivity index is 2.53. The average molecular weight is 370 g/mol. The minimum atomic E-state index is -2.94. The van der Waals surface area contributed by atoms with Gasteiger partial charge in [0.15, 0.2) is 5.82 Å². The van der Waals surface area contributed by atoms with Crippen LogP contribution in [0.2, 0.25) is 10.3 Å². The van der Waals surface area contributed by atoms with Crippen LogP contribution in [0.5, 0.6) is 5.75 Å². The van der Waals surface area contributed by atoms with Gasteiger partial charge in [0.25, 0.3) is 0 Å². The van der Waals surface area contributed by atoms with Crippen molar-refractivity contribution in [1.29, 1.82) is 0 Å². The summed E-state index contributed by atoms with van der Waals surface area (Å²) in [5, 5.41) is 0.170. The van der Waals surface area contributed by atoms with Crippen molar-refractivity contribution in [3.05, 3.63) is 39.0 Å². The van der Waals surface area contributed by atoms with Crippen LogP contribution in [0.25, 0.3) is 11.4 Å². The number of hydrogen-bond acceptors (Lipinski definition) is 3. The van der Waals surface area contributed by atoms with Crippen molar-refractivity contribution in [3.8, 4) is 17.1 Å². The average Bonchev–Trinajstić information content (AvgIpc) is 2.35. The van der Waals surface area contributed by atoms with Crippen molar-refractivity contribution in [3.63, 3.8) is 0 Å². The summed E-state index contributed by atoms with van der Waals surface area (Å²) >= 11 is 14.8. The molecule has 8 heteroatoms. The Morgan fingerprint density at radius 1 is 1.11 bits per heavy atom. The van der Waals surface area contributed by atoms with Crippen molar-refractivity contribution >= 4 is 39.1 Å². The minimum Gasteiger partial charge on any atom is -0.434 e. The van der Waals surface area contributed by atoms with Crippen LogP contribution in [0.3, 0.4) is 0 Å². The molecule has 2 rings (SSSR count). The van der Waals surface area contributed by atoms with E-state index in [2.05, 4.69) is 30.6 Å². The Bertz CT molecular complexity index is 590. The van der Waals surface area contributed by atoms with Crippen LogP contribution >= 0.6 is 39.1 Å². The first-order valence-corrected chi connectivity index (χ1v) is 6.46. The van der Waals surface area contributed by atoms with E-state index in [0.717, 1.165) is 0 Å². The first-order chi connectivity index (χ1) is 8.99. The van der Waals surface area contributed by atoms with Gasteiger partial charge in [0, 0.05) is 0 Å². The summed E-state index contributed by atoms with van der Waals surface area (Å²) in [7, 11) is 0. The molecule has 0 unspecified atom stereocenters. The summed E-state index contributed by atoms with van der Waals surface area (Å²) < 4.78 is 29.4. The molecule has 0 atom stereocenters. The first-order valence-electron chi connectivity index (χ1n) is 4.91. The van der Waals surface area contributed by atoms with E-state index in [9.17, 15) is 8.78 Å². The zero-order valence-corrected chi connectivity index (χ0v) is 12.2. The Morgan fingerprint density at radius 3 is 2.26 bits per heavy atom. The third-order valence-electron chi connectivity index (χ3n) is 2.11. The molecule has 0 saturated heterocycles. The monoisotopic (exact) mass is 368 g/mol. The maximum absolute atomic E-state index is 12.3. The molecule has 2 aromatic rings. The predicted molar refractivity (Wildman–Crippen MR) is 71.8 cm³/mol. The van der Waals surface area contributed by atoms with Crippen LogP contribution in [-0.4, -0.2) is 16.6 Å². The summed E-state index contributed by atoms with van der Waals surface area (Å²) in [5.41, 5.74) is 0.277. The van der Waals surface area contributed by atoms with E-state index in [1.54, 1.807) is 12.1 Å². The highest BCUT2D eigenvalue weighted by molar-refractivity contribution is 9.10. The summed E-state index contributed by atoms with van der Waals surface area (Å²) in [6.07, 6.45) is 0. The summed E-state index contributed by atoms with van der Waals surface area (Å²) in [6.45, 7) is -2.94.